The third-order valence-corrected chi connectivity index (χ3v) is 4.93. The van der Waals surface area contributed by atoms with Crippen LogP contribution in [0.1, 0.15) is 5.56 Å². The van der Waals surface area contributed by atoms with Gasteiger partial charge in [-0.05, 0) is 52.9 Å². The Morgan fingerprint density at radius 3 is 2.59 bits per heavy atom. The quantitative estimate of drug-likeness (QED) is 0.484. The first-order chi connectivity index (χ1) is 14.0. The summed E-state index contributed by atoms with van der Waals surface area (Å²) < 4.78 is 28.4. The fraction of sp³-hybridized carbons (Fsp3) is 0.0526. The fourth-order valence-electron chi connectivity index (χ4n) is 2.77. The second-order valence-electron chi connectivity index (χ2n) is 6.01. The lowest BCUT2D eigenvalue weighted by molar-refractivity contribution is 0.619. The van der Waals surface area contributed by atoms with Crippen molar-refractivity contribution < 1.29 is 8.78 Å². The molecule has 0 aliphatic rings. The molecule has 2 heterocycles. The molecule has 146 valence electrons. The highest BCUT2D eigenvalue weighted by molar-refractivity contribution is 6.43. The molecule has 10 heteroatoms. The van der Waals surface area contributed by atoms with E-state index in [1.807, 2.05) is 0 Å². The molecule has 2 aromatic heterocycles. The van der Waals surface area contributed by atoms with Crippen molar-refractivity contribution in [3.8, 4) is 16.9 Å². The smallest absolute Gasteiger partial charge is 0.248 e. The topological polar surface area (TPSA) is 68.5 Å². The number of nitrogens with zero attached hydrogens (tertiary/aromatic N) is 5. The lowest BCUT2D eigenvalue weighted by Gasteiger charge is -2.12. The van der Waals surface area contributed by atoms with E-state index < -0.39 is 5.82 Å². The van der Waals surface area contributed by atoms with Gasteiger partial charge in [0.15, 0.2) is 0 Å². The van der Waals surface area contributed by atoms with Gasteiger partial charge in [-0.25, -0.2) is 8.78 Å². The van der Waals surface area contributed by atoms with Crippen LogP contribution in [0, 0.1) is 11.6 Å². The summed E-state index contributed by atoms with van der Waals surface area (Å²) in [6.45, 7) is 0.163. The molecule has 0 aliphatic heterocycles. The van der Waals surface area contributed by atoms with Crippen molar-refractivity contribution in [2.24, 2.45) is 0 Å². The maximum Gasteiger partial charge on any atom is 0.248 e. The Balaban J connectivity index is 1.64. The van der Waals surface area contributed by atoms with Crippen molar-refractivity contribution in [2.45, 2.75) is 6.54 Å². The molecule has 0 saturated heterocycles. The summed E-state index contributed by atoms with van der Waals surface area (Å²) in [4.78, 5) is 4.15. The second-order valence-corrected chi connectivity index (χ2v) is 6.79. The Morgan fingerprint density at radius 2 is 1.79 bits per heavy atom. The minimum atomic E-state index is -0.495. The third kappa shape index (κ3) is 4.03. The van der Waals surface area contributed by atoms with E-state index in [0.717, 1.165) is 6.20 Å². The van der Waals surface area contributed by atoms with Crippen LogP contribution in [-0.4, -0.2) is 25.2 Å². The van der Waals surface area contributed by atoms with Crippen LogP contribution in [0.3, 0.4) is 0 Å². The van der Waals surface area contributed by atoms with E-state index in [-0.39, 0.29) is 18.3 Å². The molecular formula is C19H12Cl2F2N6. The van der Waals surface area contributed by atoms with E-state index in [0.29, 0.717) is 32.6 Å². The number of hydrogen-bond acceptors (Lipinski definition) is 5. The summed E-state index contributed by atoms with van der Waals surface area (Å²) >= 11 is 12.3. The molecule has 0 radical (unpaired) electrons. The van der Waals surface area contributed by atoms with Crippen LogP contribution in [0.4, 0.5) is 14.7 Å². The molecule has 0 spiro atoms. The third-order valence-electron chi connectivity index (χ3n) is 4.12. The van der Waals surface area contributed by atoms with Gasteiger partial charge >= 0.3 is 0 Å². The summed E-state index contributed by atoms with van der Waals surface area (Å²) in [5.41, 5.74) is 2.20. The van der Waals surface area contributed by atoms with Crippen molar-refractivity contribution >= 4 is 29.2 Å². The fourth-order valence-corrected chi connectivity index (χ4v) is 3.15. The number of anilines is 1. The van der Waals surface area contributed by atoms with Gasteiger partial charge in [0.25, 0.3) is 0 Å². The van der Waals surface area contributed by atoms with Crippen LogP contribution < -0.4 is 5.32 Å². The summed E-state index contributed by atoms with van der Waals surface area (Å²) in [5, 5.41) is 15.2. The van der Waals surface area contributed by atoms with E-state index >= 15 is 0 Å². The molecule has 6 nitrogen and oxygen atoms in total. The van der Waals surface area contributed by atoms with E-state index in [2.05, 4.69) is 25.8 Å². The predicted octanol–water partition coefficient (Wildman–Crippen LogP) is 4.92. The average molecular weight is 433 g/mol. The van der Waals surface area contributed by atoms with Crippen molar-refractivity contribution in [2.75, 3.05) is 5.32 Å². The van der Waals surface area contributed by atoms with Gasteiger partial charge in [-0.1, -0.05) is 34.4 Å². The van der Waals surface area contributed by atoms with Crippen LogP contribution >= 0.6 is 23.2 Å². The number of nitrogens with one attached hydrogen (secondary N) is 1. The molecule has 0 aliphatic carbocycles. The van der Waals surface area contributed by atoms with Gasteiger partial charge in [0.2, 0.25) is 5.95 Å². The number of rotatable bonds is 5. The van der Waals surface area contributed by atoms with E-state index in [1.54, 1.807) is 30.3 Å². The predicted molar refractivity (Wildman–Crippen MR) is 106 cm³/mol. The highest BCUT2D eigenvalue weighted by Gasteiger charge is 2.15. The summed E-state index contributed by atoms with van der Waals surface area (Å²) in [5.74, 6) is -0.582. The number of benzene rings is 2. The monoisotopic (exact) mass is 432 g/mol. The Bertz CT molecular complexity index is 1160. The second kappa shape index (κ2) is 8.10. The Kier molecular flexibility index (Phi) is 5.37. The minimum Gasteiger partial charge on any atom is -0.349 e. The number of aromatic nitrogens is 5. The lowest BCUT2D eigenvalue weighted by Crippen LogP contribution is -2.09. The molecule has 1 N–H and O–H groups in total. The highest BCUT2D eigenvalue weighted by Crippen LogP contribution is 2.29. The van der Waals surface area contributed by atoms with Gasteiger partial charge in [-0.15, -0.1) is 0 Å². The summed E-state index contributed by atoms with van der Waals surface area (Å²) in [6, 6.07) is 12.2. The van der Waals surface area contributed by atoms with E-state index in [9.17, 15) is 8.78 Å². The minimum absolute atomic E-state index is 0.163. The van der Waals surface area contributed by atoms with E-state index in [4.69, 9.17) is 23.2 Å². The number of hydrogen-bond donors (Lipinski definition) is 1. The Morgan fingerprint density at radius 1 is 1.00 bits per heavy atom. The van der Waals surface area contributed by atoms with Crippen molar-refractivity contribution in [3.05, 3.63) is 82.0 Å². The maximum absolute atomic E-state index is 13.8. The standard InChI is InChI=1S/C19H12Cl2F2N6/c20-15-2-1-3-16(17(15)21)29-19(26-27-28-29)25-9-12-8-14(23)10-24-18(12)11-4-6-13(22)7-5-11/h1-8,10H,9H2,(H,25,26,28). The number of pyridine rings is 1. The zero-order valence-corrected chi connectivity index (χ0v) is 16.2. The maximum atomic E-state index is 13.8. The molecule has 0 amide bonds. The zero-order chi connectivity index (χ0) is 20.4. The first kappa shape index (κ1) is 19.2. The zero-order valence-electron chi connectivity index (χ0n) is 14.7. The molecule has 0 unspecified atom stereocenters. The summed E-state index contributed by atoms with van der Waals surface area (Å²) in [6.07, 6.45) is 1.11. The SMILES string of the molecule is Fc1ccc(-c2ncc(F)cc2CNc2nnnn2-c2cccc(Cl)c2Cl)cc1. The van der Waals surface area contributed by atoms with E-state index in [1.165, 1.54) is 22.9 Å². The van der Waals surface area contributed by atoms with Crippen LogP contribution in [0.25, 0.3) is 16.9 Å². The van der Waals surface area contributed by atoms with Gasteiger partial charge in [0.05, 0.1) is 27.6 Å². The van der Waals surface area contributed by atoms with Crippen molar-refractivity contribution in [1.29, 1.82) is 0 Å². The Hall–Kier alpha value is -3.10. The van der Waals surface area contributed by atoms with Crippen LogP contribution in [0.2, 0.25) is 10.0 Å². The molecular weight excluding hydrogens is 421 g/mol. The van der Waals surface area contributed by atoms with Crippen molar-refractivity contribution in [3.63, 3.8) is 0 Å². The van der Waals surface area contributed by atoms with Crippen LogP contribution in [-0.2, 0) is 6.54 Å². The molecule has 4 rings (SSSR count). The first-order valence-corrected chi connectivity index (χ1v) is 9.15. The molecule has 0 saturated carbocycles. The van der Waals surface area contributed by atoms with Crippen molar-refractivity contribution in [1.82, 2.24) is 25.2 Å². The van der Waals surface area contributed by atoms with Crippen LogP contribution in [0.15, 0.2) is 54.7 Å². The normalized spacial score (nSPS) is 10.9. The summed E-state index contributed by atoms with van der Waals surface area (Å²) in [7, 11) is 0. The molecule has 0 atom stereocenters. The van der Waals surface area contributed by atoms with Gasteiger partial charge in [0.1, 0.15) is 11.6 Å². The largest absolute Gasteiger partial charge is 0.349 e. The van der Waals surface area contributed by atoms with Gasteiger partial charge in [-0.2, -0.15) is 4.68 Å². The van der Waals surface area contributed by atoms with Crippen LogP contribution in [0.5, 0.6) is 0 Å². The van der Waals surface area contributed by atoms with Gasteiger partial charge in [0, 0.05) is 17.7 Å². The molecule has 2 aromatic carbocycles. The molecule has 0 fully saturated rings. The van der Waals surface area contributed by atoms with Gasteiger partial charge in [-0.3, -0.25) is 4.98 Å². The molecule has 4 aromatic rings. The molecule has 0 bridgehead atoms. The molecule has 29 heavy (non-hydrogen) atoms. The number of tetrazole rings is 1. The van der Waals surface area contributed by atoms with Gasteiger partial charge < -0.3 is 5.32 Å². The lowest BCUT2D eigenvalue weighted by atomic mass is 10.1. The highest BCUT2D eigenvalue weighted by atomic mass is 35.5. The number of halogens is 4. The average Bonchev–Trinajstić information content (AvgIpc) is 3.18. The Labute approximate surface area is 174 Å². The first-order valence-electron chi connectivity index (χ1n) is 8.40.